The molecule has 0 unspecified atom stereocenters. The number of carbonyl (C=O) groups is 1. The molecular formula is C22H23N3O2S. The number of ether oxygens (including phenoxy) is 1. The fraction of sp³-hybridized carbons (Fsp3) is 0.364. The Labute approximate surface area is 168 Å². The van der Waals surface area contributed by atoms with Crippen LogP contribution in [0.2, 0.25) is 0 Å². The van der Waals surface area contributed by atoms with Crippen LogP contribution in [-0.4, -0.2) is 40.3 Å². The van der Waals surface area contributed by atoms with Crippen molar-refractivity contribution in [3.63, 3.8) is 0 Å². The third kappa shape index (κ3) is 3.16. The summed E-state index contributed by atoms with van der Waals surface area (Å²) in [6.07, 6.45) is 6.46. The molecule has 4 heterocycles. The van der Waals surface area contributed by atoms with Gasteiger partial charge in [0.1, 0.15) is 0 Å². The van der Waals surface area contributed by atoms with Crippen molar-refractivity contribution in [2.45, 2.75) is 31.4 Å². The Morgan fingerprint density at radius 2 is 2.11 bits per heavy atom. The summed E-state index contributed by atoms with van der Waals surface area (Å²) < 4.78 is 8.13. The number of thiophene rings is 1. The van der Waals surface area contributed by atoms with Crippen LogP contribution >= 0.6 is 11.3 Å². The molecule has 1 spiro atoms. The minimum Gasteiger partial charge on any atom is -0.370 e. The number of carbonyl (C=O) groups excluding carboxylic acids is 1. The second-order valence-corrected chi connectivity index (χ2v) is 8.55. The van der Waals surface area contributed by atoms with Gasteiger partial charge in [0.15, 0.2) is 0 Å². The summed E-state index contributed by atoms with van der Waals surface area (Å²) in [6.45, 7) is 2.93. The van der Waals surface area contributed by atoms with E-state index in [9.17, 15) is 4.79 Å². The Bertz CT molecular complexity index is 971. The van der Waals surface area contributed by atoms with Crippen molar-refractivity contribution in [2.75, 3.05) is 19.7 Å². The molecule has 28 heavy (non-hydrogen) atoms. The van der Waals surface area contributed by atoms with Crippen molar-refractivity contribution in [1.82, 2.24) is 14.7 Å². The Morgan fingerprint density at radius 1 is 1.21 bits per heavy atom. The van der Waals surface area contributed by atoms with Crippen molar-refractivity contribution >= 4 is 17.2 Å². The van der Waals surface area contributed by atoms with Crippen molar-refractivity contribution < 1.29 is 9.53 Å². The molecule has 0 radical (unpaired) electrons. The van der Waals surface area contributed by atoms with Gasteiger partial charge in [-0.15, -0.1) is 11.3 Å². The lowest BCUT2D eigenvalue weighted by atomic mass is 9.82. The van der Waals surface area contributed by atoms with Crippen molar-refractivity contribution in [2.24, 2.45) is 0 Å². The number of aromatic nitrogens is 2. The number of amides is 1. The van der Waals surface area contributed by atoms with Gasteiger partial charge in [-0.1, -0.05) is 12.1 Å². The van der Waals surface area contributed by atoms with Crippen molar-refractivity contribution in [1.29, 1.82) is 0 Å². The number of rotatable bonds is 3. The third-order valence-electron chi connectivity index (χ3n) is 5.88. The van der Waals surface area contributed by atoms with Crippen molar-refractivity contribution in [3.05, 3.63) is 75.7 Å². The fourth-order valence-corrected chi connectivity index (χ4v) is 5.36. The first kappa shape index (κ1) is 17.6. The Morgan fingerprint density at radius 3 is 2.93 bits per heavy atom. The Kier molecular flexibility index (Phi) is 4.53. The van der Waals surface area contributed by atoms with Crippen LogP contribution < -0.4 is 0 Å². The van der Waals surface area contributed by atoms with E-state index in [1.165, 1.54) is 10.4 Å². The first-order chi connectivity index (χ1) is 13.7. The molecule has 1 fully saturated rings. The highest BCUT2D eigenvalue weighted by molar-refractivity contribution is 7.10. The predicted octanol–water partition coefficient (Wildman–Crippen LogP) is 3.70. The normalized spacial score (nSPS) is 18.2. The number of nitrogens with zero attached hydrogens (tertiary/aromatic N) is 3. The summed E-state index contributed by atoms with van der Waals surface area (Å²) in [6, 6.07) is 12.0. The first-order valence-electron chi connectivity index (χ1n) is 9.80. The van der Waals surface area contributed by atoms with E-state index in [1.807, 2.05) is 57.4 Å². The number of hydrogen-bond acceptors (Lipinski definition) is 4. The number of piperidine rings is 1. The molecule has 2 aliphatic rings. The molecule has 0 atom stereocenters. The number of fused-ring (bicyclic) bond motifs is 2. The van der Waals surface area contributed by atoms with E-state index >= 15 is 0 Å². The van der Waals surface area contributed by atoms with E-state index in [-0.39, 0.29) is 11.5 Å². The molecule has 2 aromatic heterocycles. The lowest BCUT2D eigenvalue weighted by molar-refractivity contribution is -0.0926. The minimum atomic E-state index is -0.188. The average molecular weight is 394 g/mol. The van der Waals surface area contributed by atoms with Crippen LogP contribution in [0.25, 0.3) is 0 Å². The largest absolute Gasteiger partial charge is 0.370 e. The van der Waals surface area contributed by atoms with Crippen LogP contribution in [0.5, 0.6) is 0 Å². The van der Waals surface area contributed by atoms with Crippen LogP contribution in [0.1, 0.15) is 39.2 Å². The molecule has 2 aliphatic heterocycles. The standard InChI is InChI=1S/C22H23N3O2S/c26-21(18-4-1-3-17(15-18)16-25-10-2-9-23-25)24-11-7-22(8-12-24)19-6-14-28-20(19)5-13-27-22/h1-4,6,9-10,14-15H,5,7-8,11-13,16H2. The lowest BCUT2D eigenvalue weighted by Crippen LogP contribution is -2.48. The summed E-state index contributed by atoms with van der Waals surface area (Å²) in [7, 11) is 0. The topological polar surface area (TPSA) is 47.4 Å². The van der Waals surface area contributed by atoms with Gasteiger partial charge >= 0.3 is 0 Å². The number of hydrogen-bond donors (Lipinski definition) is 0. The fourth-order valence-electron chi connectivity index (χ4n) is 4.41. The molecule has 0 aliphatic carbocycles. The van der Waals surface area contributed by atoms with E-state index in [1.54, 1.807) is 6.20 Å². The Balaban J connectivity index is 1.29. The van der Waals surface area contributed by atoms with E-state index < -0.39 is 0 Å². The molecule has 1 amide bonds. The van der Waals surface area contributed by atoms with Gasteiger partial charge in [-0.05, 0) is 53.6 Å². The van der Waals surface area contributed by atoms with Gasteiger partial charge in [0.2, 0.25) is 0 Å². The highest BCUT2D eigenvalue weighted by atomic mass is 32.1. The maximum Gasteiger partial charge on any atom is 0.253 e. The average Bonchev–Trinajstić information content (AvgIpc) is 3.41. The van der Waals surface area contributed by atoms with E-state index in [0.717, 1.165) is 50.1 Å². The third-order valence-corrected chi connectivity index (χ3v) is 6.86. The van der Waals surface area contributed by atoms with Gasteiger partial charge in [-0.2, -0.15) is 5.10 Å². The van der Waals surface area contributed by atoms with E-state index in [0.29, 0.717) is 6.54 Å². The quantitative estimate of drug-likeness (QED) is 0.682. The van der Waals surface area contributed by atoms with Gasteiger partial charge in [0.25, 0.3) is 5.91 Å². The summed E-state index contributed by atoms with van der Waals surface area (Å²) in [4.78, 5) is 16.5. The zero-order valence-electron chi connectivity index (χ0n) is 15.7. The highest BCUT2D eigenvalue weighted by Crippen LogP contribution is 2.43. The monoisotopic (exact) mass is 393 g/mol. The maximum absolute atomic E-state index is 13.1. The molecule has 144 valence electrons. The molecule has 1 aromatic carbocycles. The maximum atomic E-state index is 13.1. The lowest BCUT2D eigenvalue weighted by Gasteiger charge is -2.44. The van der Waals surface area contributed by atoms with E-state index in [4.69, 9.17) is 4.74 Å². The molecule has 5 nitrogen and oxygen atoms in total. The van der Waals surface area contributed by atoms with Crippen LogP contribution in [-0.2, 0) is 23.3 Å². The van der Waals surface area contributed by atoms with Gasteiger partial charge < -0.3 is 9.64 Å². The molecule has 0 N–H and O–H groups in total. The zero-order chi connectivity index (χ0) is 19.0. The molecule has 3 aromatic rings. The van der Waals surface area contributed by atoms with Crippen LogP contribution in [0, 0.1) is 0 Å². The summed E-state index contributed by atoms with van der Waals surface area (Å²) >= 11 is 1.83. The molecule has 0 saturated carbocycles. The predicted molar refractivity (Wildman–Crippen MR) is 109 cm³/mol. The minimum absolute atomic E-state index is 0.110. The molecule has 6 heteroatoms. The van der Waals surface area contributed by atoms with Gasteiger partial charge in [-0.25, -0.2) is 0 Å². The summed E-state index contributed by atoms with van der Waals surface area (Å²) in [5, 5.41) is 6.42. The molecule has 0 bridgehead atoms. The molecule has 1 saturated heterocycles. The molecular weight excluding hydrogens is 370 g/mol. The summed E-state index contributed by atoms with van der Waals surface area (Å²) in [5.41, 5.74) is 3.01. The smallest absolute Gasteiger partial charge is 0.253 e. The SMILES string of the molecule is O=C(c1cccc(Cn2cccn2)c1)N1CCC2(CC1)OCCc1sccc12. The number of likely N-dealkylation sites (tertiary alicyclic amines) is 1. The molecule has 5 rings (SSSR count). The van der Waals surface area contributed by atoms with Crippen LogP contribution in [0.4, 0.5) is 0 Å². The second-order valence-electron chi connectivity index (χ2n) is 7.55. The zero-order valence-corrected chi connectivity index (χ0v) is 16.5. The number of benzene rings is 1. The van der Waals surface area contributed by atoms with Crippen LogP contribution in [0.3, 0.4) is 0 Å². The van der Waals surface area contributed by atoms with E-state index in [2.05, 4.69) is 16.5 Å². The van der Waals surface area contributed by atoms with Gasteiger partial charge in [-0.3, -0.25) is 9.48 Å². The van der Waals surface area contributed by atoms with Gasteiger partial charge in [0.05, 0.1) is 18.8 Å². The van der Waals surface area contributed by atoms with Gasteiger partial charge in [0, 0.05) is 42.3 Å². The second kappa shape index (κ2) is 7.18. The van der Waals surface area contributed by atoms with Crippen LogP contribution in [0.15, 0.2) is 54.2 Å². The summed E-state index contributed by atoms with van der Waals surface area (Å²) in [5.74, 6) is 0.110. The first-order valence-corrected chi connectivity index (χ1v) is 10.7. The highest BCUT2D eigenvalue weighted by Gasteiger charge is 2.42. The Hall–Kier alpha value is -2.44. The van der Waals surface area contributed by atoms with Crippen molar-refractivity contribution in [3.8, 4) is 0 Å².